The van der Waals surface area contributed by atoms with Gasteiger partial charge in [0.05, 0.1) is 13.7 Å². The highest BCUT2D eigenvalue weighted by molar-refractivity contribution is 7.79. The van der Waals surface area contributed by atoms with Crippen molar-refractivity contribution in [3.8, 4) is 6.01 Å². The van der Waals surface area contributed by atoms with Crippen LogP contribution in [0, 0.1) is 0 Å². The van der Waals surface area contributed by atoms with Gasteiger partial charge in [-0.3, -0.25) is 0 Å². The first-order chi connectivity index (χ1) is 14.0. The van der Waals surface area contributed by atoms with Crippen LogP contribution < -0.4 is 10.5 Å². The quantitative estimate of drug-likeness (QED) is 0.534. The summed E-state index contributed by atoms with van der Waals surface area (Å²) in [6, 6.07) is 0.285. The molecule has 0 unspecified atom stereocenters. The monoisotopic (exact) mass is 453 g/mol. The second kappa shape index (κ2) is 7.29. The predicted molar refractivity (Wildman–Crippen MR) is 116 cm³/mol. The van der Waals surface area contributed by atoms with Gasteiger partial charge in [0.2, 0.25) is 0 Å². The maximum absolute atomic E-state index is 6.38. The number of thiocarbonyl (C=S) groups is 1. The molecule has 2 saturated heterocycles. The van der Waals surface area contributed by atoms with Crippen LogP contribution in [0.15, 0.2) is 6.33 Å². The third-order valence-corrected chi connectivity index (χ3v) is 10.8. The van der Waals surface area contributed by atoms with Crippen LogP contribution in [0.25, 0.3) is 11.2 Å². The summed E-state index contributed by atoms with van der Waals surface area (Å²) in [6.07, 6.45) is -0.536. The molecule has 0 bridgehead atoms. The molecule has 30 heavy (non-hydrogen) atoms. The number of imidazole rings is 1. The largest absolute Gasteiger partial charge is 0.468 e. The Morgan fingerprint density at radius 1 is 1.23 bits per heavy atom. The van der Waals surface area contributed by atoms with Crippen LogP contribution in [0.1, 0.15) is 27.0 Å². The Bertz CT molecular complexity index is 978. The highest BCUT2D eigenvalue weighted by atomic mass is 32.1. The van der Waals surface area contributed by atoms with E-state index in [0.29, 0.717) is 17.8 Å². The molecule has 2 N–H and O–H groups in total. The van der Waals surface area contributed by atoms with Gasteiger partial charge in [-0.1, -0.05) is 20.8 Å². The summed E-state index contributed by atoms with van der Waals surface area (Å²) in [4.78, 5) is 12.7. The van der Waals surface area contributed by atoms with Crippen molar-refractivity contribution >= 4 is 42.8 Å². The Hall–Kier alpha value is -2.02. The van der Waals surface area contributed by atoms with Gasteiger partial charge in [-0.2, -0.15) is 4.98 Å². The van der Waals surface area contributed by atoms with E-state index in [0.717, 1.165) is 0 Å². The Kier molecular flexibility index (Phi) is 5.15. The van der Waals surface area contributed by atoms with Gasteiger partial charge in [0.25, 0.3) is 0 Å². The zero-order valence-corrected chi connectivity index (χ0v) is 19.7. The Balaban J connectivity index is 1.67. The molecule has 12 heteroatoms. The minimum Gasteiger partial charge on any atom is -0.468 e. The normalized spacial score (nSPS) is 26.5. The number of hydrogen-bond acceptors (Lipinski definition) is 10. The fourth-order valence-electron chi connectivity index (χ4n) is 3.35. The molecule has 4 atom stereocenters. The van der Waals surface area contributed by atoms with Gasteiger partial charge in [-0.25, -0.2) is 14.5 Å². The first-order valence-electron chi connectivity index (χ1n) is 9.72. The van der Waals surface area contributed by atoms with Gasteiger partial charge in [-0.05, 0) is 18.1 Å². The van der Waals surface area contributed by atoms with Gasteiger partial charge in [0.1, 0.15) is 12.4 Å². The summed E-state index contributed by atoms with van der Waals surface area (Å²) in [7, 11) is -0.464. The SMILES string of the molecule is COc1nc2c(N)ncnc2n1[C@@H]1O[C@H](CO[Si](C)(C)C(C)(C)C)[C@H]2OC(=S)O[C@H]21. The van der Waals surface area contributed by atoms with Crippen LogP contribution in [0.2, 0.25) is 18.1 Å². The van der Waals surface area contributed by atoms with Crippen molar-refractivity contribution in [1.82, 2.24) is 19.5 Å². The topological polar surface area (TPSA) is 116 Å². The van der Waals surface area contributed by atoms with Crippen molar-refractivity contribution < 1.29 is 23.4 Å². The summed E-state index contributed by atoms with van der Waals surface area (Å²) in [6.45, 7) is 11.3. The van der Waals surface area contributed by atoms with E-state index < -0.39 is 26.8 Å². The maximum Gasteiger partial charge on any atom is 0.353 e. The number of rotatable bonds is 5. The van der Waals surface area contributed by atoms with Crippen molar-refractivity contribution in [2.45, 2.75) is 63.4 Å². The second-order valence-electron chi connectivity index (χ2n) is 8.95. The van der Waals surface area contributed by atoms with Gasteiger partial charge < -0.3 is 29.1 Å². The van der Waals surface area contributed by atoms with Gasteiger partial charge in [0.15, 0.2) is 43.7 Å². The molecular weight excluding hydrogens is 426 g/mol. The minimum atomic E-state index is -1.98. The molecule has 10 nitrogen and oxygen atoms in total. The van der Waals surface area contributed by atoms with Crippen LogP contribution in [0.4, 0.5) is 5.82 Å². The zero-order chi connectivity index (χ0) is 21.8. The van der Waals surface area contributed by atoms with E-state index in [-0.39, 0.29) is 28.2 Å². The molecule has 0 aliphatic carbocycles. The van der Waals surface area contributed by atoms with E-state index in [1.165, 1.54) is 13.4 Å². The van der Waals surface area contributed by atoms with Crippen LogP contribution in [-0.4, -0.2) is 65.1 Å². The fraction of sp³-hybridized carbons (Fsp3) is 0.667. The van der Waals surface area contributed by atoms with E-state index in [2.05, 4.69) is 48.8 Å². The molecule has 0 spiro atoms. The Morgan fingerprint density at radius 2 is 1.93 bits per heavy atom. The van der Waals surface area contributed by atoms with Crippen molar-refractivity contribution in [1.29, 1.82) is 0 Å². The smallest absolute Gasteiger partial charge is 0.353 e. The second-order valence-corrected chi connectivity index (χ2v) is 14.1. The van der Waals surface area contributed by atoms with E-state index >= 15 is 0 Å². The first-order valence-corrected chi connectivity index (χ1v) is 13.0. The van der Waals surface area contributed by atoms with Crippen LogP contribution >= 0.6 is 12.2 Å². The maximum atomic E-state index is 6.38. The van der Waals surface area contributed by atoms with Crippen molar-refractivity contribution in [3.63, 3.8) is 0 Å². The molecule has 2 fully saturated rings. The van der Waals surface area contributed by atoms with E-state index in [1.54, 1.807) is 4.57 Å². The summed E-state index contributed by atoms with van der Waals surface area (Å²) >= 11 is 5.17. The van der Waals surface area contributed by atoms with E-state index in [9.17, 15) is 0 Å². The summed E-state index contributed by atoms with van der Waals surface area (Å²) in [5, 5.41) is 0.165. The molecule has 4 heterocycles. The lowest BCUT2D eigenvalue weighted by Crippen LogP contribution is -2.44. The highest BCUT2D eigenvalue weighted by Crippen LogP contribution is 2.43. The molecule has 0 saturated carbocycles. The summed E-state index contributed by atoms with van der Waals surface area (Å²) in [5.41, 5.74) is 6.88. The summed E-state index contributed by atoms with van der Waals surface area (Å²) in [5.74, 6) is 0.253. The molecule has 0 aromatic carbocycles. The number of methoxy groups -OCH3 is 1. The number of nitrogen functional groups attached to an aromatic ring is 1. The number of anilines is 1. The lowest BCUT2D eigenvalue weighted by molar-refractivity contribution is -0.0604. The molecule has 2 aliphatic heterocycles. The zero-order valence-electron chi connectivity index (χ0n) is 17.9. The molecular formula is C18H27N5O5SSi. The van der Waals surface area contributed by atoms with Crippen LogP contribution in [-0.2, 0) is 18.6 Å². The number of fused-ring (bicyclic) bond motifs is 2. The third-order valence-electron chi connectivity index (χ3n) is 6.07. The average Bonchev–Trinajstić information content (AvgIpc) is 3.30. The summed E-state index contributed by atoms with van der Waals surface area (Å²) < 4.78 is 31.5. The molecule has 2 aliphatic rings. The van der Waals surface area contributed by atoms with E-state index in [4.69, 9.17) is 41.3 Å². The Labute approximate surface area is 181 Å². The number of hydrogen-bond donors (Lipinski definition) is 1. The van der Waals surface area contributed by atoms with Gasteiger partial charge in [-0.15, -0.1) is 0 Å². The average molecular weight is 454 g/mol. The predicted octanol–water partition coefficient (Wildman–Crippen LogP) is 2.41. The molecule has 4 rings (SSSR count). The lowest BCUT2D eigenvalue weighted by Gasteiger charge is -2.37. The minimum absolute atomic E-state index is 0.0744. The van der Waals surface area contributed by atoms with Crippen molar-refractivity contribution in [2.24, 2.45) is 0 Å². The standard InChI is InChI=1S/C18H27N5O5SSi/c1-18(2,3)30(5,6)25-7-9-11-12(28-17(29)27-11)15(26-9)23-14-10(22-16(23)24-4)13(19)20-8-21-14/h8-9,11-12,15H,7H2,1-6H3,(H2,19,20,21)/t9-,11-,12-,15-/m1/s1. The van der Waals surface area contributed by atoms with Crippen LogP contribution in [0.5, 0.6) is 6.01 Å². The molecule has 164 valence electrons. The number of nitrogens with two attached hydrogens (primary N) is 1. The van der Waals surface area contributed by atoms with Crippen molar-refractivity contribution in [2.75, 3.05) is 19.5 Å². The van der Waals surface area contributed by atoms with Crippen molar-refractivity contribution in [3.05, 3.63) is 6.33 Å². The fourth-order valence-corrected chi connectivity index (χ4v) is 4.59. The molecule has 0 amide bonds. The number of aromatic nitrogens is 4. The highest BCUT2D eigenvalue weighted by Gasteiger charge is 2.55. The molecule has 2 aromatic rings. The third kappa shape index (κ3) is 3.41. The Morgan fingerprint density at radius 3 is 2.60 bits per heavy atom. The number of ether oxygens (including phenoxy) is 4. The van der Waals surface area contributed by atoms with E-state index in [1.807, 2.05) is 0 Å². The van der Waals surface area contributed by atoms with Gasteiger partial charge in [0, 0.05) is 12.2 Å². The van der Waals surface area contributed by atoms with Gasteiger partial charge >= 0.3 is 11.2 Å². The lowest BCUT2D eigenvalue weighted by atomic mass is 10.1. The molecule has 0 radical (unpaired) electrons. The van der Waals surface area contributed by atoms with Crippen LogP contribution in [0.3, 0.4) is 0 Å². The molecule has 2 aromatic heterocycles. The number of nitrogens with zero attached hydrogens (tertiary/aromatic N) is 4. The first kappa shape index (κ1) is 21.2.